The monoisotopic (exact) mass is 235 g/mol. The van der Waals surface area contributed by atoms with Crippen molar-refractivity contribution in [2.24, 2.45) is 5.41 Å². The standard InChI is InChI=1S/C12H21N5/c1-12(2)8-9(12)10-14-11(16-15-10)17-6-3-4-13-5-7-17/h9,13H,3-8H2,1-2H3,(H,14,15,16). The number of hydrogen-bond acceptors (Lipinski definition) is 4. The van der Waals surface area contributed by atoms with Crippen molar-refractivity contribution >= 4 is 5.95 Å². The molecule has 2 aliphatic rings. The number of rotatable bonds is 2. The molecule has 2 fully saturated rings. The Labute approximate surface area is 102 Å². The summed E-state index contributed by atoms with van der Waals surface area (Å²) >= 11 is 0. The van der Waals surface area contributed by atoms with E-state index < -0.39 is 0 Å². The highest BCUT2D eigenvalue weighted by Gasteiger charge is 2.48. The molecule has 0 aromatic carbocycles. The first-order chi connectivity index (χ1) is 8.17. The molecular formula is C12H21N5. The fourth-order valence-corrected chi connectivity index (χ4v) is 2.54. The van der Waals surface area contributed by atoms with Crippen LogP contribution in [0, 0.1) is 5.41 Å². The molecule has 1 aromatic heterocycles. The molecule has 5 nitrogen and oxygen atoms in total. The zero-order valence-corrected chi connectivity index (χ0v) is 10.7. The van der Waals surface area contributed by atoms with E-state index >= 15 is 0 Å². The molecule has 2 N–H and O–H groups in total. The maximum absolute atomic E-state index is 4.66. The Morgan fingerprint density at radius 3 is 2.88 bits per heavy atom. The van der Waals surface area contributed by atoms with Gasteiger partial charge in [0.15, 0.2) is 0 Å². The van der Waals surface area contributed by atoms with Crippen molar-refractivity contribution in [2.75, 3.05) is 31.1 Å². The molecule has 1 saturated carbocycles. The second-order valence-electron chi connectivity index (χ2n) is 5.86. The minimum absolute atomic E-state index is 0.414. The van der Waals surface area contributed by atoms with E-state index in [1.165, 1.54) is 12.8 Å². The highest BCUT2D eigenvalue weighted by molar-refractivity contribution is 5.31. The van der Waals surface area contributed by atoms with E-state index in [0.717, 1.165) is 38.0 Å². The Hall–Kier alpha value is -1.10. The van der Waals surface area contributed by atoms with Crippen LogP contribution in [0.2, 0.25) is 0 Å². The van der Waals surface area contributed by atoms with Crippen LogP contribution in [0.3, 0.4) is 0 Å². The van der Waals surface area contributed by atoms with Crippen LogP contribution in [0.5, 0.6) is 0 Å². The molecule has 2 heterocycles. The summed E-state index contributed by atoms with van der Waals surface area (Å²) in [6.07, 6.45) is 2.39. The molecule has 1 unspecified atom stereocenters. The van der Waals surface area contributed by atoms with Gasteiger partial charge in [-0.05, 0) is 24.8 Å². The summed E-state index contributed by atoms with van der Waals surface area (Å²) in [4.78, 5) is 6.94. The largest absolute Gasteiger partial charge is 0.338 e. The first-order valence-electron chi connectivity index (χ1n) is 6.55. The van der Waals surface area contributed by atoms with Gasteiger partial charge in [-0.3, -0.25) is 5.10 Å². The Balaban J connectivity index is 1.71. The lowest BCUT2D eigenvalue weighted by atomic mass is 10.1. The normalized spacial score (nSPS) is 27.9. The van der Waals surface area contributed by atoms with Crippen molar-refractivity contribution in [3.05, 3.63) is 5.82 Å². The maximum Gasteiger partial charge on any atom is 0.244 e. The van der Waals surface area contributed by atoms with E-state index in [4.69, 9.17) is 0 Å². The third kappa shape index (κ3) is 2.16. The summed E-state index contributed by atoms with van der Waals surface area (Å²) in [6, 6.07) is 0. The topological polar surface area (TPSA) is 56.8 Å². The van der Waals surface area contributed by atoms with Crippen molar-refractivity contribution in [3.63, 3.8) is 0 Å². The van der Waals surface area contributed by atoms with Gasteiger partial charge in [0.2, 0.25) is 5.95 Å². The van der Waals surface area contributed by atoms with E-state index in [1.54, 1.807) is 0 Å². The van der Waals surface area contributed by atoms with Crippen LogP contribution in [-0.4, -0.2) is 41.4 Å². The lowest BCUT2D eigenvalue weighted by molar-refractivity contribution is 0.609. The number of nitrogens with one attached hydrogen (secondary N) is 2. The highest BCUT2D eigenvalue weighted by Crippen LogP contribution is 2.57. The first-order valence-corrected chi connectivity index (χ1v) is 6.55. The summed E-state index contributed by atoms with van der Waals surface area (Å²) in [5.74, 6) is 2.53. The third-order valence-electron chi connectivity index (χ3n) is 3.96. The van der Waals surface area contributed by atoms with E-state index in [-0.39, 0.29) is 0 Å². The second-order valence-corrected chi connectivity index (χ2v) is 5.86. The fourth-order valence-electron chi connectivity index (χ4n) is 2.54. The van der Waals surface area contributed by atoms with Crippen molar-refractivity contribution in [3.8, 4) is 0 Å². The molecule has 1 aromatic rings. The second kappa shape index (κ2) is 3.98. The maximum atomic E-state index is 4.66. The zero-order valence-electron chi connectivity index (χ0n) is 10.7. The van der Waals surface area contributed by atoms with Gasteiger partial charge < -0.3 is 10.2 Å². The van der Waals surface area contributed by atoms with E-state index in [9.17, 15) is 0 Å². The predicted octanol–water partition coefficient (Wildman–Crippen LogP) is 1.12. The molecule has 5 heteroatoms. The number of aromatic amines is 1. The van der Waals surface area contributed by atoms with Gasteiger partial charge in [0.25, 0.3) is 0 Å². The van der Waals surface area contributed by atoms with Gasteiger partial charge in [-0.25, -0.2) is 0 Å². The average Bonchev–Trinajstić information content (AvgIpc) is 2.81. The van der Waals surface area contributed by atoms with Crippen molar-refractivity contribution in [1.82, 2.24) is 20.5 Å². The first kappa shape index (κ1) is 11.0. The van der Waals surface area contributed by atoms with Gasteiger partial charge in [0.1, 0.15) is 5.82 Å². The van der Waals surface area contributed by atoms with Crippen LogP contribution < -0.4 is 10.2 Å². The van der Waals surface area contributed by atoms with Crippen LogP contribution in [0.15, 0.2) is 0 Å². The van der Waals surface area contributed by atoms with E-state index in [0.29, 0.717) is 11.3 Å². The lowest BCUT2D eigenvalue weighted by Gasteiger charge is -2.16. The van der Waals surface area contributed by atoms with Crippen LogP contribution in [0.1, 0.15) is 38.4 Å². The van der Waals surface area contributed by atoms with E-state index in [1.807, 2.05) is 0 Å². The molecule has 1 atom stereocenters. The number of H-pyrrole nitrogens is 1. The Morgan fingerprint density at radius 1 is 1.29 bits per heavy atom. The molecule has 0 amide bonds. The van der Waals surface area contributed by atoms with Gasteiger partial charge in [-0.15, -0.1) is 5.10 Å². The number of hydrogen-bond donors (Lipinski definition) is 2. The van der Waals surface area contributed by atoms with Crippen LogP contribution >= 0.6 is 0 Å². The van der Waals surface area contributed by atoms with Gasteiger partial charge in [-0.2, -0.15) is 4.98 Å². The Kier molecular flexibility index (Phi) is 2.58. The Morgan fingerprint density at radius 2 is 2.12 bits per heavy atom. The predicted molar refractivity (Wildman–Crippen MR) is 67.2 cm³/mol. The number of aromatic nitrogens is 3. The van der Waals surface area contributed by atoms with Gasteiger partial charge in [0, 0.05) is 25.6 Å². The summed E-state index contributed by atoms with van der Waals surface area (Å²) < 4.78 is 0. The summed E-state index contributed by atoms with van der Waals surface area (Å²) in [7, 11) is 0. The molecule has 1 saturated heterocycles. The van der Waals surface area contributed by atoms with Crippen LogP contribution in [0.25, 0.3) is 0 Å². The molecule has 17 heavy (non-hydrogen) atoms. The molecule has 0 radical (unpaired) electrons. The Bertz CT molecular complexity index is 389. The molecular weight excluding hydrogens is 214 g/mol. The van der Waals surface area contributed by atoms with Crippen LogP contribution in [-0.2, 0) is 0 Å². The molecule has 1 aliphatic carbocycles. The fraction of sp³-hybridized carbons (Fsp3) is 0.833. The summed E-state index contributed by atoms with van der Waals surface area (Å²) in [6.45, 7) is 8.76. The molecule has 0 bridgehead atoms. The number of anilines is 1. The zero-order chi connectivity index (χ0) is 11.9. The van der Waals surface area contributed by atoms with Crippen LogP contribution in [0.4, 0.5) is 5.95 Å². The van der Waals surface area contributed by atoms with Gasteiger partial charge in [-0.1, -0.05) is 13.8 Å². The smallest absolute Gasteiger partial charge is 0.244 e. The summed E-state index contributed by atoms with van der Waals surface area (Å²) in [5.41, 5.74) is 0.414. The number of nitrogens with zero attached hydrogens (tertiary/aromatic N) is 3. The molecule has 0 spiro atoms. The minimum atomic E-state index is 0.414. The van der Waals surface area contributed by atoms with Crippen molar-refractivity contribution in [1.29, 1.82) is 0 Å². The van der Waals surface area contributed by atoms with Crippen molar-refractivity contribution < 1.29 is 0 Å². The van der Waals surface area contributed by atoms with Crippen molar-refractivity contribution in [2.45, 2.75) is 32.6 Å². The quantitative estimate of drug-likeness (QED) is 0.806. The minimum Gasteiger partial charge on any atom is -0.338 e. The third-order valence-corrected chi connectivity index (χ3v) is 3.96. The summed E-state index contributed by atoms with van der Waals surface area (Å²) in [5, 5.41) is 10.9. The lowest BCUT2D eigenvalue weighted by Crippen LogP contribution is -2.28. The van der Waals surface area contributed by atoms with Gasteiger partial charge in [0.05, 0.1) is 0 Å². The van der Waals surface area contributed by atoms with E-state index in [2.05, 4.69) is 39.2 Å². The highest BCUT2D eigenvalue weighted by atomic mass is 15.4. The average molecular weight is 235 g/mol. The molecule has 3 rings (SSSR count). The molecule has 94 valence electrons. The SMILES string of the molecule is CC1(C)CC1c1nc(N2CCCNCC2)n[nH]1. The van der Waals surface area contributed by atoms with Gasteiger partial charge >= 0.3 is 0 Å². The molecule has 1 aliphatic heterocycles.